The van der Waals surface area contributed by atoms with Gasteiger partial charge in [0.05, 0.1) is 63.3 Å². The largest absolute Gasteiger partial charge is 0.493 e. The summed E-state index contributed by atoms with van der Waals surface area (Å²) in [5.74, 6) is 2.77. The molecule has 38 heavy (non-hydrogen) atoms. The molecule has 0 radical (unpaired) electrons. The standard InChI is InChI=1S/C26H31N5O7/c1-34-8-6-7-31(13-23-27-17-11-21(37-4)19(35-2)9-15(17)25(32)29-23)14-24-28-18-12-22(38-5)20(36-3)10-16(18)26(33)30-24/h9-12H,6-8,13-14H2,1-5H3,(H,27,29,32)(H,28,30,33). The molecule has 2 aromatic heterocycles. The quantitative estimate of drug-likeness (QED) is 0.265. The second-order valence-corrected chi connectivity index (χ2v) is 8.53. The van der Waals surface area contributed by atoms with Crippen molar-refractivity contribution in [3.8, 4) is 23.0 Å². The van der Waals surface area contributed by atoms with Crippen LogP contribution in [0.3, 0.4) is 0 Å². The third kappa shape index (κ3) is 5.71. The zero-order valence-electron chi connectivity index (χ0n) is 22.0. The number of aromatic nitrogens is 4. The molecule has 12 heteroatoms. The van der Waals surface area contributed by atoms with Gasteiger partial charge in [0.1, 0.15) is 11.6 Å². The molecule has 4 aromatic rings. The first kappa shape index (κ1) is 26.9. The molecule has 0 saturated heterocycles. The zero-order valence-corrected chi connectivity index (χ0v) is 22.0. The number of hydrogen-bond acceptors (Lipinski definition) is 10. The molecule has 0 unspecified atom stereocenters. The van der Waals surface area contributed by atoms with Gasteiger partial charge in [-0.25, -0.2) is 9.97 Å². The number of hydrogen-bond donors (Lipinski definition) is 2. The second-order valence-electron chi connectivity index (χ2n) is 8.53. The van der Waals surface area contributed by atoms with Crippen LogP contribution >= 0.6 is 0 Å². The Morgan fingerprint density at radius 1 is 0.684 bits per heavy atom. The number of ether oxygens (including phenoxy) is 5. The summed E-state index contributed by atoms with van der Waals surface area (Å²) in [4.78, 5) is 42.8. The molecule has 0 bridgehead atoms. The minimum atomic E-state index is -0.291. The molecule has 202 valence electrons. The van der Waals surface area contributed by atoms with Crippen molar-refractivity contribution in [1.82, 2.24) is 24.8 Å². The molecule has 2 N–H and O–H groups in total. The highest BCUT2D eigenvalue weighted by Crippen LogP contribution is 2.31. The van der Waals surface area contributed by atoms with Crippen LogP contribution in [0.1, 0.15) is 18.1 Å². The maximum atomic E-state index is 12.9. The molecule has 0 atom stereocenters. The summed E-state index contributed by atoms with van der Waals surface area (Å²) >= 11 is 0. The average molecular weight is 526 g/mol. The lowest BCUT2D eigenvalue weighted by atomic mass is 10.2. The average Bonchev–Trinajstić information content (AvgIpc) is 2.91. The van der Waals surface area contributed by atoms with E-state index in [2.05, 4.69) is 19.9 Å². The van der Waals surface area contributed by atoms with Gasteiger partial charge in [0.25, 0.3) is 11.1 Å². The Morgan fingerprint density at radius 3 is 1.50 bits per heavy atom. The van der Waals surface area contributed by atoms with Crippen LogP contribution in [0.4, 0.5) is 0 Å². The minimum Gasteiger partial charge on any atom is -0.493 e. The van der Waals surface area contributed by atoms with Crippen molar-refractivity contribution in [2.75, 3.05) is 48.7 Å². The van der Waals surface area contributed by atoms with Crippen LogP contribution in [0.5, 0.6) is 23.0 Å². The lowest BCUT2D eigenvalue weighted by Gasteiger charge is -2.21. The molecule has 2 heterocycles. The van der Waals surface area contributed by atoms with Crippen LogP contribution in [0.15, 0.2) is 33.9 Å². The van der Waals surface area contributed by atoms with Crippen LogP contribution in [-0.2, 0) is 17.8 Å². The van der Waals surface area contributed by atoms with Crippen LogP contribution in [0, 0.1) is 0 Å². The molecule has 2 aromatic carbocycles. The number of fused-ring (bicyclic) bond motifs is 2. The Balaban J connectivity index is 1.67. The van der Waals surface area contributed by atoms with E-state index < -0.39 is 0 Å². The van der Waals surface area contributed by atoms with Gasteiger partial charge in [0, 0.05) is 32.4 Å². The number of nitrogens with one attached hydrogen (secondary N) is 2. The lowest BCUT2D eigenvalue weighted by Crippen LogP contribution is -2.29. The fourth-order valence-corrected chi connectivity index (χ4v) is 4.25. The first-order valence-electron chi connectivity index (χ1n) is 11.9. The smallest absolute Gasteiger partial charge is 0.258 e. The van der Waals surface area contributed by atoms with Crippen molar-refractivity contribution in [3.63, 3.8) is 0 Å². The Labute approximate surface area is 218 Å². The fourth-order valence-electron chi connectivity index (χ4n) is 4.25. The maximum Gasteiger partial charge on any atom is 0.258 e. The van der Waals surface area contributed by atoms with Gasteiger partial charge in [-0.3, -0.25) is 14.5 Å². The molecular formula is C26H31N5O7. The van der Waals surface area contributed by atoms with Crippen molar-refractivity contribution in [1.29, 1.82) is 0 Å². The Bertz CT molecular complexity index is 1440. The van der Waals surface area contributed by atoms with Crippen molar-refractivity contribution >= 4 is 21.8 Å². The van der Waals surface area contributed by atoms with Gasteiger partial charge in [-0.05, 0) is 18.6 Å². The van der Waals surface area contributed by atoms with Crippen molar-refractivity contribution < 1.29 is 23.7 Å². The Hall–Kier alpha value is -4.16. The molecular weight excluding hydrogens is 494 g/mol. The van der Waals surface area contributed by atoms with Crippen LogP contribution in [-0.4, -0.2) is 73.5 Å². The molecule has 4 rings (SSSR count). The van der Waals surface area contributed by atoms with Gasteiger partial charge in [-0.15, -0.1) is 0 Å². The normalized spacial score (nSPS) is 11.3. The van der Waals surface area contributed by atoms with E-state index in [0.717, 1.165) is 6.42 Å². The summed E-state index contributed by atoms with van der Waals surface area (Å²) in [6, 6.07) is 6.55. The predicted octanol–water partition coefficient (Wildman–Crippen LogP) is 2.23. The van der Waals surface area contributed by atoms with E-state index in [1.165, 1.54) is 28.4 Å². The highest BCUT2D eigenvalue weighted by Gasteiger charge is 2.16. The number of aromatic amines is 2. The van der Waals surface area contributed by atoms with E-state index in [9.17, 15) is 9.59 Å². The van der Waals surface area contributed by atoms with E-state index in [1.807, 2.05) is 4.90 Å². The van der Waals surface area contributed by atoms with Gasteiger partial charge in [-0.1, -0.05) is 0 Å². The monoisotopic (exact) mass is 525 g/mol. The highest BCUT2D eigenvalue weighted by molar-refractivity contribution is 5.82. The number of H-pyrrole nitrogens is 2. The number of methoxy groups -OCH3 is 5. The number of benzene rings is 2. The molecule has 0 aliphatic heterocycles. The molecule has 0 spiro atoms. The topological polar surface area (TPSA) is 141 Å². The summed E-state index contributed by atoms with van der Waals surface area (Å²) in [5, 5.41) is 0.782. The van der Waals surface area contributed by atoms with E-state index in [4.69, 9.17) is 23.7 Å². The van der Waals surface area contributed by atoms with Gasteiger partial charge in [-0.2, -0.15) is 0 Å². The van der Waals surface area contributed by atoms with Crippen molar-refractivity contribution in [2.45, 2.75) is 19.5 Å². The molecule has 0 aliphatic carbocycles. The van der Waals surface area contributed by atoms with Crippen LogP contribution in [0.25, 0.3) is 21.8 Å². The van der Waals surface area contributed by atoms with E-state index in [1.54, 1.807) is 31.4 Å². The summed E-state index contributed by atoms with van der Waals surface area (Å²) < 4.78 is 26.6. The molecule has 0 saturated carbocycles. The van der Waals surface area contributed by atoms with Crippen LogP contribution < -0.4 is 30.1 Å². The molecule has 0 aliphatic rings. The third-order valence-corrected chi connectivity index (χ3v) is 6.09. The molecule has 12 nitrogen and oxygen atoms in total. The summed E-state index contributed by atoms with van der Waals surface area (Å²) in [6.07, 6.45) is 0.724. The summed E-state index contributed by atoms with van der Waals surface area (Å²) in [5.41, 5.74) is 0.384. The third-order valence-electron chi connectivity index (χ3n) is 6.09. The van der Waals surface area contributed by atoms with Crippen molar-refractivity contribution in [3.05, 3.63) is 56.6 Å². The Kier molecular flexibility index (Phi) is 8.44. The second kappa shape index (κ2) is 11.9. The zero-order chi connectivity index (χ0) is 27.2. The van der Waals surface area contributed by atoms with E-state index in [0.29, 0.717) is 82.7 Å². The minimum absolute atomic E-state index is 0.291. The maximum absolute atomic E-state index is 12.9. The molecule has 0 fully saturated rings. The Morgan fingerprint density at radius 2 is 1.11 bits per heavy atom. The first-order valence-corrected chi connectivity index (χ1v) is 11.9. The highest BCUT2D eigenvalue weighted by atomic mass is 16.5. The van der Waals surface area contributed by atoms with Gasteiger partial charge in [0.15, 0.2) is 23.0 Å². The van der Waals surface area contributed by atoms with Crippen molar-refractivity contribution in [2.24, 2.45) is 0 Å². The predicted molar refractivity (Wildman–Crippen MR) is 142 cm³/mol. The van der Waals surface area contributed by atoms with E-state index >= 15 is 0 Å². The van der Waals surface area contributed by atoms with E-state index in [-0.39, 0.29) is 11.1 Å². The van der Waals surface area contributed by atoms with Gasteiger partial charge < -0.3 is 33.7 Å². The fraction of sp³-hybridized carbons (Fsp3) is 0.385. The molecule has 0 amide bonds. The van der Waals surface area contributed by atoms with Gasteiger partial charge >= 0.3 is 0 Å². The number of nitrogens with zero attached hydrogens (tertiary/aromatic N) is 3. The lowest BCUT2D eigenvalue weighted by molar-refractivity contribution is 0.164. The summed E-state index contributed by atoms with van der Waals surface area (Å²) in [7, 11) is 7.71. The number of rotatable bonds is 12. The summed E-state index contributed by atoms with van der Waals surface area (Å²) in [6.45, 7) is 1.76. The van der Waals surface area contributed by atoms with Crippen LogP contribution in [0.2, 0.25) is 0 Å². The first-order chi connectivity index (χ1) is 18.4. The SMILES string of the molecule is COCCCN(Cc1nc2cc(OC)c(OC)cc2c(=O)[nH]1)Cc1nc2cc(OC)c(OC)cc2c(=O)[nH]1. The van der Waals surface area contributed by atoms with Gasteiger partial charge in [0.2, 0.25) is 0 Å².